The van der Waals surface area contributed by atoms with E-state index in [1.165, 1.54) is 35.0 Å². The number of benzene rings is 1. The third-order valence-electron chi connectivity index (χ3n) is 4.76. The van der Waals surface area contributed by atoms with Gasteiger partial charge in [-0.3, -0.25) is 9.59 Å². The van der Waals surface area contributed by atoms with Gasteiger partial charge in [0.2, 0.25) is 5.91 Å². The molecule has 33 heavy (non-hydrogen) atoms. The van der Waals surface area contributed by atoms with Crippen molar-refractivity contribution in [2.75, 3.05) is 13.2 Å². The number of alkyl halides is 3. The third kappa shape index (κ3) is 10.2. The summed E-state index contributed by atoms with van der Waals surface area (Å²) in [4.78, 5) is 22.2. The van der Waals surface area contributed by atoms with Gasteiger partial charge in [-0.1, -0.05) is 52.3 Å². The average Bonchev–Trinajstić information content (AvgIpc) is 2.77. The van der Waals surface area contributed by atoms with Crippen LogP contribution in [0.1, 0.15) is 81.3 Å². The summed E-state index contributed by atoms with van der Waals surface area (Å²) >= 11 is 0. The maximum absolute atomic E-state index is 12.6. The van der Waals surface area contributed by atoms with Gasteiger partial charge in [0, 0.05) is 25.4 Å². The first-order chi connectivity index (χ1) is 15.7. The number of halogens is 3. The number of hydrogen-bond acceptors (Lipinski definition) is 3. The van der Waals surface area contributed by atoms with Gasteiger partial charge in [0.15, 0.2) is 0 Å². The minimum Gasteiger partial charge on any atom is -0.380 e. The van der Waals surface area contributed by atoms with Gasteiger partial charge in [0.25, 0.3) is 5.56 Å². The van der Waals surface area contributed by atoms with Gasteiger partial charge in [0.1, 0.15) is 0 Å². The van der Waals surface area contributed by atoms with Crippen molar-refractivity contribution < 1.29 is 22.7 Å². The van der Waals surface area contributed by atoms with E-state index in [0.29, 0.717) is 30.9 Å². The van der Waals surface area contributed by atoms with Gasteiger partial charge < -0.3 is 15.0 Å². The minimum absolute atomic E-state index is 0.132. The molecule has 0 bridgehead atoms. The topological polar surface area (TPSA) is 74.3 Å². The van der Waals surface area contributed by atoms with Crippen LogP contribution in [-0.2, 0) is 17.5 Å². The molecular weight excluding hydrogens is 433 g/mol. The van der Waals surface area contributed by atoms with Crippen molar-refractivity contribution in [3.63, 3.8) is 0 Å². The number of primary amides is 1. The van der Waals surface area contributed by atoms with E-state index in [4.69, 9.17) is 10.5 Å². The van der Waals surface area contributed by atoms with Crippen molar-refractivity contribution in [1.82, 2.24) is 4.57 Å². The van der Waals surface area contributed by atoms with Crippen LogP contribution in [0.4, 0.5) is 13.2 Å². The van der Waals surface area contributed by atoms with E-state index in [9.17, 15) is 22.8 Å². The largest absolute Gasteiger partial charge is 0.416 e. The molecule has 1 amide bonds. The molecule has 0 aliphatic heterocycles. The normalized spacial score (nSPS) is 12.6. The highest BCUT2D eigenvalue weighted by Crippen LogP contribution is 2.42. The summed E-state index contributed by atoms with van der Waals surface area (Å²) in [5, 5.41) is 0. The lowest BCUT2D eigenvalue weighted by atomic mass is 9.78. The van der Waals surface area contributed by atoms with Crippen LogP contribution < -0.4 is 11.3 Å². The Morgan fingerprint density at radius 3 is 2.18 bits per heavy atom. The molecule has 2 N–H and O–H groups in total. The second-order valence-electron chi connectivity index (χ2n) is 6.72. The van der Waals surface area contributed by atoms with Crippen molar-refractivity contribution in [3.05, 3.63) is 69.6 Å². The van der Waals surface area contributed by atoms with E-state index >= 15 is 0 Å². The minimum atomic E-state index is -4.20. The van der Waals surface area contributed by atoms with Crippen LogP contribution in [-0.4, -0.2) is 23.7 Å². The highest BCUT2D eigenvalue weighted by molar-refractivity contribution is 5.92. The van der Waals surface area contributed by atoms with Crippen molar-refractivity contribution >= 4 is 5.91 Å². The molecule has 1 aliphatic carbocycles. The van der Waals surface area contributed by atoms with Gasteiger partial charge >= 0.3 is 6.18 Å². The predicted octanol–water partition coefficient (Wildman–Crippen LogP) is 6.01. The SMILES string of the molecule is CC.CC.CCOCCn1cc(C(N)=O)ccc1=O.FC(F)(F)c1ccccc1C1CCC1. The standard InChI is InChI=1S/C11H11F3.C10H14N2O3.2C2H6/c12-11(13,14)10-7-2-1-6-9(10)8-4-3-5-8;1-2-15-6-5-12-7-8(10(11)14)3-4-9(12)13;2*1-2/h1-2,6-8H,3-5H2;3-4,7H,2,5-6H2,1H3,(H2,11,14);2*1-2H3. The molecule has 1 aromatic heterocycles. The Balaban J connectivity index is 0.000000540. The summed E-state index contributed by atoms with van der Waals surface area (Å²) in [6.07, 6.45) is 0.0902. The van der Waals surface area contributed by atoms with E-state index in [1.807, 2.05) is 34.6 Å². The zero-order valence-corrected chi connectivity index (χ0v) is 20.2. The molecule has 3 rings (SSSR count). The molecule has 2 aromatic rings. The smallest absolute Gasteiger partial charge is 0.380 e. The summed E-state index contributed by atoms with van der Waals surface area (Å²) in [7, 11) is 0. The number of nitrogens with two attached hydrogens (primary N) is 1. The number of carbonyl (C=O) groups excluding carboxylic acids is 1. The Bertz CT molecular complexity index is 876. The lowest BCUT2D eigenvalue weighted by Gasteiger charge is -2.28. The fourth-order valence-electron chi connectivity index (χ4n) is 2.99. The Morgan fingerprint density at radius 2 is 1.70 bits per heavy atom. The first-order valence-corrected chi connectivity index (χ1v) is 11.5. The fraction of sp³-hybridized carbons (Fsp3) is 0.520. The van der Waals surface area contributed by atoms with Crippen molar-refractivity contribution in [2.45, 2.75) is 72.5 Å². The molecule has 186 valence electrons. The molecule has 5 nitrogen and oxygen atoms in total. The fourth-order valence-corrected chi connectivity index (χ4v) is 2.99. The molecule has 1 saturated carbocycles. The van der Waals surface area contributed by atoms with Crippen LogP contribution >= 0.6 is 0 Å². The zero-order chi connectivity index (χ0) is 25.4. The first-order valence-electron chi connectivity index (χ1n) is 11.5. The summed E-state index contributed by atoms with van der Waals surface area (Å²) in [6, 6.07) is 8.65. The van der Waals surface area contributed by atoms with Crippen molar-refractivity contribution in [2.24, 2.45) is 5.73 Å². The monoisotopic (exact) mass is 470 g/mol. The third-order valence-corrected chi connectivity index (χ3v) is 4.76. The molecule has 0 saturated heterocycles. The number of carbonyl (C=O) groups is 1. The van der Waals surface area contributed by atoms with Crippen LogP contribution in [0.15, 0.2) is 47.4 Å². The van der Waals surface area contributed by atoms with Crippen LogP contribution in [0.2, 0.25) is 0 Å². The van der Waals surface area contributed by atoms with Gasteiger partial charge in [-0.05, 0) is 43.4 Å². The van der Waals surface area contributed by atoms with Crippen LogP contribution in [0.5, 0.6) is 0 Å². The predicted molar refractivity (Wildman–Crippen MR) is 126 cm³/mol. The van der Waals surface area contributed by atoms with Gasteiger partial charge in [-0.2, -0.15) is 13.2 Å². The molecule has 0 radical (unpaired) electrons. The Hall–Kier alpha value is -2.61. The zero-order valence-electron chi connectivity index (χ0n) is 20.2. The summed E-state index contributed by atoms with van der Waals surface area (Å²) < 4.78 is 44.2. The average molecular weight is 471 g/mol. The van der Waals surface area contributed by atoms with E-state index in [-0.39, 0.29) is 11.5 Å². The number of hydrogen-bond donors (Lipinski definition) is 1. The van der Waals surface area contributed by atoms with Crippen LogP contribution in [0, 0.1) is 0 Å². The molecule has 1 aromatic carbocycles. The molecular formula is C25H37F3N2O3. The number of amides is 1. The molecule has 1 heterocycles. The lowest BCUT2D eigenvalue weighted by Crippen LogP contribution is -2.24. The number of ether oxygens (including phenoxy) is 1. The van der Waals surface area contributed by atoms with Crippen molar-refractivity contribution in [1.29, 1.82) is 0 Å². The first kappa shape index (κ1) is 30.4. The van der Waals surface area contributed by atoms with E-state index < -0.39 is 17.6 Å². The summed E-state index contributed by atoms with van der Waals surface area (Å²) in [6.45, 7) is 11.3. The van der Waals surface area contributed by atoms with E-state index in [1.54, 1.807) is 12.1 Å². The molecule has 1 fully saturated rings. The maximum Gasteiger partial charge on any atom is 0.416 e. The molecule has 0 spiro atoms. The number of nitrogens with zero attached hydrogens (tertiary/aromatic N) is 1. The lowest BCUT2D eigenvalue weighted by molar-refractivity contribution is -0.138. The summed E-state index contributed by atoms with van der Waals surface area (Å²) in [5.41, 5.74) is 5.28. The number of pyridine rings is 1. The molecule has 8 heteroatoms. The molecule has 0 atom stereocenters. The molecule has 1 aliphatic rings. The molecule has 0 unspecified atom stereocenters. The van der Waals surface area contributed by atoms with Gasteiger partial charge in [0.05, 0.1) is 17.7 Å². The maximum atomic E-state index is 12.6. The van der Waals surface area contributed by atoms with Gasteiger partial charge in [-0.15, -0.1) is 0 Å². The second kappa shape index (κ2) is 16.1. The highest BCUT2D eigenvalue weighted by atomic mass is 19.4. The number of rotatable bonds is 6. The highest BCUT2D eigenvalue weighted by Gasteiger charge is 2.35. The van der Waals surface area contributed by atoms with E-state index in [0.717, 1.165) is 19.3 Å². The van der Waals surface area contributed by atoms with Crippen molar-refractivity contribution in [3.8, 4) is 0 Å². The Morgan fingerprint density at radius 1 is 1.09 bits per heavy atom. The summed E-state index contributed by atoms with van der Waals surface area (Å²) in [5.74, 6) is -0.409. The Kier molecular flexibility index (Phi) is 14.8. The van der Waals surface area contributed by atoms with E-state index in [2.05, 4.69) is 0 Å². The van der Waals surface area contributed by atoms with Gasteiger partial charge in [-0.25, -0.2) is 0 Å². The van der Waals surface area contributed by atoms with Crippen LogP contribution in [0.25, 0.3) is 0 Å². The Labute approximate surface area is 194 Å². The van der Waals surface area contributed by atoms with Crippen LogP contribution in [0.3, 0.4) is 0 Å². The second-order valence-corrected chi connectivity index (χ2v) is 6.72. The quantitative estimate of drug-likeness (QED) is 0.526. The number of aromatic nitrogens is 1.